The number of hydrogen-bond donors (Lipinski definition) is 1. The van der Waals surface area contributed by atoms with Crippen LogP contribution >= 0.6 is 11.8 Å². The Morgan fingerprint density at radius 2 is 2.21 bits per heavy atom. The Morgan fingerprint density at radius 1 is 1.47 bits per heavy atom. The van der Waals surface area contributed by atoms with Gasteiger partial charge in [0.1, 0.15) is 11.5 Å². The minimum Gasteiger partial charge on any atom is -0.465 e. The van der Waals surface area contributed by atoms with Crippen molar-refractivity contribution in [1.29, 1.82) is 0 Å². The van der Waals surface area contributed by atoms with E-state index in [1.807, 2.05) is 24.8 Å². The third-order valence-corrected chi connectivity index (χ3v) is 5.08. The minimum atomic E-state index is 0.129. The van der Waals surface area contributed by atoms with E-state index in [4.69, 9.17) is 10.2 Å². The van der Waals surface area contributed by atoms with Crippen LogP contribution in [-0.4, -0.2) is 34.5 Å². The van der Waals surface area contributed by atoms with Gasteiger partial charge in [-0.2, -0.15) is 11.8 Å². The SMILES string of the molecule is CCC(N)C(c1ccc(C)o1)N1CCSC(C)(C)C1. The van der Waals surface area contributed by atoms with Gasteiger partial charge in [0.05, 0.1) is 6.04 Å². The van der Waals surface area contributed by atoms with Crippen LogP contribution in [0.1, 0.15) is 44.8 Å². The third kappa shape index (κ3) is 3.56. The zero-order valence-corrected chi connectivity index (χ0v) is 13.3. The van der Waals surface area contributed by atoms with Crippen LogP contribution in [0.4, 0.5) is 0 Å². The van der Waals surface area contributed by atoms with Gasteiger partial charge in [-0.15, -0.1) is 0 Å². The van der Waals surface area contributed by atoms with Gasteiger partial charge in [-0.3, -0.25) is 4.90 Å². The average Bonchev–Trinajstić information content (AvgIpc) is 2.74. The molecule has 1 aliphatic rings. The van der Waals surface area contributed by atoms with Crippen molar-refractivity contribution in [1.82, 2.24) is 4.90 Å². The molecule has 0 spiro atoms. The van der Waals surface area contributed by atoms with Gasteiger partial charge in [-0.1, -0.05) is 6.92 Å². The predicted molar refractivity (Wildman–Crippen MR) is 82.6 cm³/mol. The van der Waals surface area contributed by atoms with Gasteiger partial charge >= 0.3 is 0 Å². The molecule has 1 aliphatic heterocycles. The molecule has 0 aromatic carbocycles. The van der Waals surface area contributed by atoms with E-state index >= 15 is 0 Å². The molecule has 3 nitrogen and oxygen atoms in total. The smallest absolute Gasteiger partial charge is 0.122 e. The van der Waals surface area contributed by atoms with Crippen LogP contribution in [0.25, 0.3) is 0 Å². The molecule has 19 heavy (non-hydrogen) atoms. The lowest BCUT2D eigenvalue weighted by atomic mass is 10.0. The molecular formula is C15H26N2OS. The van der Waals surface area contributed by atoms with Gasteiger partial charge in [-0.25, -0.2) is 0 Å². The predicted octanol–water partition coefficient (Wildman–Crippen LogP) is 3.19. The summed E-state index contributed by atoms with van der Waals surface area (Å²) in [6, 6.07) is 4.46. The Hall–Kier alpha value is -0.450. The fourth-order valence-corrected chi connectivity index (χ4v) is 3.92. The normalized spacial score (nSPS) is 23.2. The second-order valence-corrected chi connectivity index (χ2v) is 7.85. The Kier molecular flexibility index (Phi) is 4.64. The highest BCUT2D eigenvalue weighted by Gasteiger charge is 2.35. The van der Waals surface area contributed by atoms with Crippen LogP contribution in [0.2, 0.25) is 0 Å². The first kappa shape index (κ1) is 14.9. The lowest BCUT2D eigenvalue weighted by Gasteiger charge is -2.42. The number of rotatable bonds is 4. The highest BCUT2D eigenvalue weighted by Crippen LogP contribution is 2.36. The van der Waals surface area contributed by atoms with E-state index in [-0.39, 0.29) is 12.1 Å². The van der Waals surface area contributed by atoms with E-state index in [1.165, 1.54) is 5.75 Å². The van der Waals surface area contributed by atoms with Gasteiger partial charge in [0.25, 0.3) is 0 Å². The highest BCUT2D eigenvalue weighted by molar-refractivity contribution is 8.00. The van der Waals surface area contributed by atoms with Crippen molar-refractivity contribution in [3.8, 4) is 0 Å². The van der Waals surface area contributed by atoms with Gasteiger partial charge in [0.2, 0.25) is 0 Å². The quantitative estimate of drug-likeness (QED) is 0.921. The molecule has 1 aromatic heterocycles. The number of nitrogens with two attached hydrogens (primary N) is 1. The summed E-state index contributed by atoms with van der Waals surface area (Å²) in [4.78, 5) is 2.50. The molecular weight excluding hydrogens is 256 g/mol. The summed E-state index contributed by atoms with van der Waals surface area (Å²) in [5.74, 6) is 3.16. The van der Waals surface area contributed by atoms with E-state index in [0.29, 0.717) is 4.75 Å². The second-order valence-electron chi connectivity index (χ2n) is 6.04. The van der Waals surface area contributed by atoms with Gasteiger partial charge < -0.3 is 10.2 Å². The highest BCUT2D eigenvalue weighted by atomic mass is 32.2. The molecule has 2 N–H and O–H groups in total. The first-order chi connectivity index (χ1) is 8.93. The van der Waals surface area contributed by atoms with Crippen molar-refractivity contribution in [3.63, 3.8) is 0 Å². The lowest BCUT2D eigenvalue weighted by Crippen LogP contribution is -2.49. The van der Waals surface area contributed by atoms with E-state index in [1.54, 1.807) is 0 Å². The number of aryl methyl sites for hydroxylation is 1. The zero-order valence-electron chi connectivity index (χ0n) is 12.5. The number of furan rings is 1. The Bertz CT molecular complexity index is 416. The van der Waals surface area contributed by atoms with Crippen LogP contribution in [-0.2, 0) is 0 Å². The molecule has 4 heteroatoms. The molecule has 2 rings (SSSR count). The van der Waals surface area contributed by atoms with Crippen molar-refractivity contribution < 1.29 is 4.42 Å². The van der Waals surface area contributed by atoms with Crippen molar-refractivity contribution >= 4 is 11.8 Å². The first-order valence-corrected chi connectivity index (χ1v) is 8.11. The molecule has 1 fully saturated rings. The summed E-state index contributed by atoms with van der Waals surface area (Å²) in [6.07, 6.45) is 0.967. The maximum atomic E-state index is 6.37. The van der Waals surface area contributed by atoms with E-state index < -0.39 is 0 Å². The molecule has 2 unspecified atom stereocenters. The van der Waals surface area contributed by atoms with Crippen molar-refractivity contribution in [2.75, 3.05) is 18.8 Å². The van der Waals surface area contributed by atoms with Gasteiger partial charge in [0, 0.05) is 29.6 Å². The number of thioether (sulfide) groups is 1. The summed E-state index contributed by atoms with van der Waals surface area (Å²) in [6.45, 7) is 10.9. The summed E-state index contributed by atoms with van der Waals surface area (Å²) < 4.78 is 6.16. The summed E-state index contributed by atoms with van der Waals surface area (Å²) in [5, 5.41) is 0. The standard InChI is InChI=1S/C15H26N2OS/c1-5-12(16)14(13-7-6-11(2)18-13)17-8-9-19-15(3,4)10-17/h6-7,12,14H,5,8-10,16H2,1-4H3. The van der Waals surface area contributed by atoms with Crippen molar-refractivity contribution in [2.24, 2.45) is 5.73 Å². The molecule has 0 aliphatic carbocycles. The molecule has 1 saturated heterocycles. The van der Waals surface area contributed by atoms with Crippen LogP contribution in [0.5, 0.6) is 0 Å². The van der Waals surface area contributed by atoms with E-state index in [2.05, 4.69) is 31.7 Å². The van der Waals surface area contributed by atoms with Crippen molar-refractivity contribution in [2.45, 2.75) is 50.9 Å². The molecule has 2 atom stereocenters. The molecule has 0 bridgehead atoms. The number of nitrogens with zero attached hydrogens (tertiary/aromatic N) is 1. The van der Waals surface area contributed by atoms with Crippen LogP contribution < -0.4 is 5.73 Å². The Balaban J connectivity index is 2.22. The van der Waals surface area contributed by atoms with Gasteiger partial charge in [-0.05, 0) is 39.3 Å². The van der Waals surface area contributed by atoms with E-state index in [0.717, 1.165) is 31.0 Å². The average molecular weight is 282 g/mol. The minimum absolute atomic E-state index is 0.129. The zero-order chi connectivity index (χ0) is 14.0. The fraction of sp³-hybridized carbons (Fsp3) is 0.733. The largest absolute Gasteiger partial charge is 0.465 e. The molecule has 2 heterocycles. The molecule has 0 radical (unpaired) electrons. The fourth-order valence-electron chi connectivity index (χ4n) is 2.79. The van der Waals surface area contributed by atoms with E-state index in [9.17, 15) is 0 Å². The van der Waals surface area contributed by atoms with Crippen LogP contribution in [0, 0.1) is 6.92 Å². The molecule has 1 aromatic rings. The summed E-state index contributed by atoms with van der Waals surface area (Å²) in [7, 11) is 0. The van der Waals surface area contributed by atoms with Crippen molar-refractivity contribution in [3.05, 3.63) is 23.7 Å². The lowest BCUT2D eigenvalue weighted by molar-refractivity contribution is 0.140. The summed E-state index contributed by atoms with van der Waals surface area (Å²) in [5.41, 5.74) is 6.37. The summed E-state index contributed by atoms with van der Waals surface area (Å²) >= 11 is 2.05. The Labute approximate surface area is 120 Å². The Morgan fingerprint density at radius 3 is 2.74 bits per heavy atom. The maximum absolute atomic E-state index is 6.37. The van der Waals surface area contributed by atoms with Crippen LogP contribution in [0.15, 0.2) is 16.5 Å². The molecule has 108 valence electrons. The third-order valence-electron chi connectivity index (χ3n) is 3.78. The first-order valence-electron chi connectivity index (χ1n) is 7.13. The molecule has 0 saturated carbocycles. The molecule has 0 amide bonds. The van der Waals surface area contributed by atoms with Crippen LogP contribution in [0.3, 0.4) is 0 Å². The van der Waals surface area contributed by atoms with Gasteiger partial charge in [0.15, 0.2) is 0 Å². The topological polar surface area (TPSA) is 42.4 Å². The maximum Gasteiger partial charge on any atom is 0.122 e. The number of hydrogen-bond acceptors (Lipinski definition) is 4. The second kappa shape index (κ2) is 5.90. The monoisotopic (exact) mass is 282 g/mol.